The third-order valence-corrected chi connectivity index (χ3v) is 6.50. The molecule has 0 spiro atoms. The second-order valence-corrected chi connectivity index (χ2v) is 8.72. The Hall–Kier alpha value is -3.35. The number of benzene rings is 2. The Labute approximate surface area is 186 Å². The van der Waals surface area contributed by atoms with E-state index in [1.54, 1.807) is 30.1 Å². The van der Waals surface area contributed by atoms with E-state index in [1.165, 1.54) is 4.90 Å². The predicted molar refractivity (Wildman–Crippen MR) is 117 cm³/mol. The number of nitrogens with zero attached hydrogens (tertiary/aromatic N) is 2. The molecule has 0 aromatic heterocycles. The van der Waals surface area contributed by atoms with Crippen LogP contribution >= 0.6 is 0 Å². The molecule has 1 saturated carbocycles. The van der Waals surface area contributed by atoms with Gasteiger partial charge in [-0.1, -0.05) is 31.4 Å². The predicted octanol–water partition coefficient (Wildman–Crippen LogP) is 3.53. The molecule has 2 aliphatic heterocycles. The fourth-order valence-electron chi connectivity index (χ4n) is 4.83. The highest BCUT2D eigenvalue weighted by Crippen LogP contribution is 2.33. The van der Waals surface area contributed by atoms with Crippen LogP contribution in [0.2, 0.25) is 0 Å². The zero-order chi connectivity index (χ0) is 22.2. The quantitative estimate of drug-likeness (QED) is 0.688. The lowest BCUT2D eigenvalue weighted by Gasteiger charge is -2.29. The standard InChI is InChI=1S/C25H26N2O5/c1-26(14-18-15-31-21-9-5-6-10-22(21)32-18)23(28)16-11-12-19-20(13-16)25(30)27(24(19)29)17-7-3-2-4-8-17/h5-6,9-13,17-18H,2-4,7-8,14-15H2,1H3. The summed E-state index contributed by atoms with van der Waals surface area (Å²) in [7, 11) is 1.70. The van der Waals surface area contributed by atoms with Crippen molar-refractivity contribution in [3.05, 3.63) is 59.2 Å². The highest BCUT2D eigenvalue weighted by molar-refractivity contribution is 6.22. The number of ether oxygens (including phenoxy) is 2. The zero-order valence-electron chi connectivity index (χ0n) is 18.1. The summed E-state index contributed by atoms with van der Waals surface area (Å²) in [4.78, 5) is 41.9. The van der Waals surface area contributed by atoms with E-state index in [2.05, 4.69) is 0 Å². The van der Waals surface area contributed by atoms with Crippen LogP contribution in [-0.2, 0) is 0 Å². The van der Waals surface area contributed by atoms with Crippen LogP contribution in [0.3, 0.4) is 0 Å². The van der Waals surface area contributed by atoms with Crippen LogP contribution in [0, 0.1) is 0 Å². The van der Waals surface area contributed by atoms with Gasteiger partial charge in [0.05, 0.1) is 17.7 Å². The molecule has 0 bridgehead atoms. The molecule has 7 heteroatoms. The van der Waals surface area contributed by atoms with Crippen molar-refractivity contribution in [2.75, 3.05) is 20.2 Å². The fourth-order valence-corrected chi connectivity index (χ4v) is 4.83. The molecule has 1 atom stereocenters. The monoisotopic (exact) mass is 434 g/mol. The first-order valence-corrected chi connectivity index (χ1v) is 11.2. The Morgan fingerprint density at radius 1 is 1.00 bits per heavy atom. The molecule has 32 heavy (non-hydrogen) atoms. The maximum Gasteiger partial charge on any atom is 0.261 e. The van der Waals surface area contributed by atoms with Crippen molar-refractivity contribution in [2.24, 2.45) is 0 Å². The molecule has 1 unspecified atom stereocenters. The van der Waals surface area contributed by atoms with Gasteiger partial charge >= 0.3 is 0 Å². The summed E-state index contributed by atoms with van der Waals surface area (Å²) in [5.74, 6) is 0.605. The number of carbonyl (C=O) groups excluding carboxylic acids is 3. The number of amides is 3. The van der Waals surface area contributed by atoms with Crippen molar-refractivity contribution in [1.82, 2.24) is 9.80 Å². The average Bonchev–Trinajstić information content (AvgIpc) is 3.08. The van der Waals surface area contributed by atoms with Gasteiger partial charge in [-0.05, 0) is 43.2 Å². The number of fused-ring (bicyclic) bond motifs is 2. The van der Waals surface area contributed by atoms with Gasteiger partial charge in [0.25, 0.3) is 17.7 Å². The van der Waals surface area contributed by atoms with Gasteiger partial charge in [-0.2, -0.15) is 0 Å². The number of imide groups is 1. The minimum atomic E-state index is -0.293. The van der Waals surface area contributed by atoms with Crippen molar-refractivity contribution in [3.63, 3.8) is 0 Å². The number of hydrogen-bond donors (Lipinski definition) is 0. The summed E-state index contributed by atoms with van der Waals surface area (Å²) in [6, 6.07) is 12.2. The topological polar surface area (TPSA) is 76.2 Å². The first-order valence-electron chi connectivity index (χ1n) is 11.2. The zero-order valence-corrected chi connectivity index (χ0v) is 18.1. The van der Waals surface area contributed by atoms with Gasteiger partial charge in [0.2, 0.25) is 0 Å². The average molecular weight is 434 g/mol. The Bertz CT molecular complexity index is 1080. The van der Waals surface area contributed by atoms with Crippen molar-refractivity contribution < 1.29 is 23.9 Å². The second kappa shape index (κ2) is 8.30. The number of para-hydroxylation sites is 2. The molecule has 0 N–H and O–H groups in total. The molecule has 5 rings (SSSR count). The van der Waals surface area contributed by atoms with Crippen molar-refractivity contribution in [1.29, 1.82) is 0 Å². The molecule has 7 nitrogen and oxygen atoms in total. The number of carbonyl (C=O) groups is 3. The molecule has 1 aliphatic carbocycles. The maximum atomic E-state index is 13.1. The minimum Gasteiger partial charge on any atom is -0.486 e. The van der Waals surface area contributed by atoms with E-state index in [4.69, 9.17) is 9.47 Å². The van der Waals surface area contributed by atoms with Crippen LogP contribution in [-0.4, -0.2) is 59.9 Å². The van der Waals surface area contributed by atoms with Crippen molar-refractivity contribution in [3.8, 4) is 11.5 Å². The molecular weight excluding hydrogens is 408 g/mol. The largest absolute Gasteiger partial charge is 0.486 e. The Morgan fingerprint density at radius 3 is 2.50 bits per heavy atom. The molecule has 2 aromatic carbocycles. The summed E-state index contributed by atoms with van der Waals surface area (Å²) < 4.78 is 11.7. The Balaban J connectivity index is 1.29. The molecule has 3 aliphatic rings. The number of hydrogen-bond acceptors (Lipinski definition) is 5. The Morgan fingerprint density at radius 2 is 1.72 bits per heavy atom. The molecule has 2 heterocycles. The summed E-state index contributed by atoms with van der Waals surface area (Å²) in [5.41, 5.74) is 1.10. The second-order valence-electron chi connectivity index (χ2n) is 8.72. The highest BCUT2D eigenvalue weighted by Gasteiger charge is 2.40. The van der Waals surface area contributed by atoms with Gasteiger partial charge in [0, 0.05) is 18.7 Å². The van der Waals surface area contributed by atoms with Crippen molar-refractivity contribution in [2.45, 2.75) is 44.2 Å². The molecule has 0 radical (unpaired) electrons. The van der Waals surface area contributed by atoms with E-state index < -0.39 is 0 Å². The van der Waals surface area contributed by atoms with E-state index in [9.17, 15) is 14.4 Å². The normalized spacial score (nSPS) is 20.3. The van der Waals surface area contributed by atoms with Crippen LogP contribution in [0.5, 0.6) is 11.5 Å². The molecular formula is C25H26N2O5. The fraction of sp³-hybridized carbons (Fsp3) is 0.400. The van der Waals surface area contributed by atoms with E-state index in [0.717, 1.165) is 32.1 Å². The molecule has 2 aromatic rings. The van der Waals surface area contributed by atoms with Crippen LogP contribution in [0.4, 0.5) is 0 Å². The number of likely N-dealkylation sites (N-methyl/N-ethyl adjacent to an activating group) is 1. The molecule has 0 saturated heterocycles. The summed E-state index contributed by atoms with van der Waals surface area (Å²) in [5, 5.41) is 0. The lowest BCUT2D eigenvalue weighted by molar-refractivity contribution is 0.0520. The van der Waals surface area contributed by atoms with E-state index in [0.29, 0.717) is 41.3 Å². The SMILES string of the molecule is CN(CC1COc2ccccc2O1)C(=O)c1ccc2c(c1)C(=O)N(C1CCCCC1)C2=O. The maximum absolute atomic E-state index is 13.1. The Kier molecular flexibility index (Phi) is 5.33. The van der Waals surface area contributed by atoms with Gasteiger partial charge in [-0.3, -0.25) is 19.3 Å². The summed E-state index contributed by atoms with van der Waals surface area (Å²) in [6.45, 7) is 0.688. The lowest BCUT2D eigenvalue weighted by atomic mass is 9.94. The summed E-state index contributed by atoms with van der Waals surface area (Å²) in [6.07, 6.45) is 4.62. The van der Waals surface area contributed by atoms with E-state index in [1.807, 2.05) is 24.3 Å². The summed E-state index contributed by atoms with van der Waals surface area (Å²) >= 11 is 0. The minimum absolute atomic E-state index is 0.0377. The van der Waals surface area contributed by atoms with Crippen LogP contribution in [0.1, 0.15) is 63.2 Å². The first kappa shape index (κ1) is 20.5. The third-order valence-electron chi connectivity index (χ3n) is 6.50. The first-order chi connectivity index (χ1) is 15.5. The lowest BCUT2D eigenvalue weighted by Crippen LogP contribution is -2.41. The molecule has 166 valence electrons. The van der Waals surface area contributed by atoms with Gasteiger partial charge in [-0.25, -0.2) is 0 Å². The van der Waals surface area contributed by atoms with Crippen LogP contribution < -0.4 is 9.47 Å². The van der Waals surface area contributed by atoms with Gasteiger partial charge < -0.3 is 14.4 Å². The van der Waals surface area contributed by atoms with Gasteiger partial charge in [-0.15, -0.1) is 0 Å². The van der Waals surface area contributed by atoms with E-state index >= 15 is 0 Å². The van der Waals surface area contributed by atoms with Crippen LogP contribution in [0.15, 0.2) is 42.5 Å². The van der Waals surface area contributed by atoms with Crippen molar-refractivity contribution >= 4 is 17.7 Å². The molecule has 3 amide bonds. The molecule has 1 fully saturated rings. The third kappa shape index (κ3) is 3.61. The smallest absolute Gasteiger partial charge is 0.261 e. The highest BCUT2D eigenvalue weighted by atomic mass is 16.6. The number of rotatable bonds is 4. The van der Waals surface area contributed by atoms with Gasteiger partial charge in [0.15, 0.2) is 17.6 Å². The van der Waals surface area contributed by atoms with E-state index in [-0.39, 0.29) is 29.9 Å². The van der Waals surface area contributed by atoms with Crippen LogP contribution in [0.25, 0.3) is 0 Å². The van der Waals surface area contributed by atoms with Gasteiger partial charge in [0.1, 0.15) is 6.61 Å².